The minimum Gasteiger partial charge on any atom is -0.384 e. The summed E-state index contributed by atoms with van der Waals surface area (Å²) >= 11 is 0. The van der Waals surface area contributed by atoms with Crippen LogP contribution in [0.2, 0.25) is 0 Å². The average molecular weight is 356 g/mol. The molecule has 2 heterocycles. The van der Waals surface area contributed by atoms with Crippen LogP contribution in [0, 0.1) is 20.8 Å². The van der Waals surface area contributed by atoms with Gasteiger partial charge in [0.05, 0.1) is 5.69 Å². The predicted octanol–water partition coefficient (Wildman–Crippen LogP) is 4.83. The van der Waals surface area contributed by atoms with Crippen LogP contribution >= 0.6 is 0 Å². The number of hydrogen-bond donors (Lipinski definition) is 1. The fourth-order valence-corrected chi connectivity index (χ4v) is 4.79. The number of fused-ring (bicyclic) bond motifs is 1. The van der Waals surface area contributed by atoms with E-state index in [1.165, 1.54) is 27.9 Å². The summed E-state index contributed by atoms with van der Waals surface area (Å²) in [5.41, 5.74) is 6.62. The predicted molar refractivity (Wildman–Crippen MR) is 108 cm³/mol. The van der Waals surface area contributed by atoms with Crippen molar-refractivity contribution in [2.45, 2.75) is 72.3 Å². The van der Waals surface area contributed by atoms with E-state index in [2.05, 4.69) is 51.7 Å². The Bertz CT molecular complexity index is 785. The van der Waals surface area contributed by atoms with E-state index < -0.39 is 5.60 Å². The standard InChI is InChI=1S/C22H33N3O/c1-7-11-22(26,8-2)20-18-10-9-12-25(21(18)23-24(20)6)19-16(4)13-15(3)14-17(19)5/h13-14,26H,7-12H2,1-6H3. The van der Waals surface area contributed by atoms with E-state index in [1.54, 1.807) is 0 Å². The highest BCUT2D eigenvalue weighted by molar-refractivity contribution is 5.71. The largest absolute Gasteiger partial charge is 0.384 e. The van der Waals surface area contributed by atoms with E-state index in [0.29, 0.717) is 0 Å². The van der Waals surface area contributed by atoms with Crippen molar-refractivity contribution in [1.29, 1.82) is 0 Å². The maximum absolute atomic E-state index is 11.3. The van der Waals surface area contributed by atoms with Gasteiger partial charge < -0.3 is 10.0 Å². The molecule has 0 amide bonds. The average Bonchev–Trinajstić information content (AvgIpc) is 2.91. The molecule has 1 atom stereocenters. The van der Waals surface area contributed by atoms with Crippen LogP contribution in [-0.2, 0) is 19.1 Å². The fraction of sp³-hybridized carbons (Fsp3) is 0.591. The van der Waals surface area contributed by atoms with Crippen LogP contribution in [0.3, 0.4) is 0 Å². The van der Waals surface area contributed by atoms with Crippen LogP contribution in [0.1, 0.15) is 67.5 Å². The third kappa shape index (κ3) is 3.05. The lowest BCUT2D eigenvalue weighted by Gasteiger charge is -2.33. The van der Waals surface area contributed by atoms with Crippen molar-refractivity contribution in [2.24, 2.45) is 7.05 Å². The number of aryl methyl sites for hydroxylation is 4. The van der Waals surface area contributed by atoms with Gasteiger partial charge in [0.1, 0.15) is 5.60 Å². The normalized spacial score (nSPS) is 16.5. The minimum atomic E-state index is -0.787. The first-order chi connectivity index (χ1) is 12.3. The summed E-state index contributed by atoms with van der Waals surface area (Å²) in [5.74, 6) is 1.03. The summed E-state index contributed by atoms with van der Waals surface area (Å²) in [6.45, 7) is 11.7. The summed E-state index contributed by atoms with van der Waals surface area (Å²) in [6.07, 6.45) is 4.53. The van der Waals surface area contributed by atoms with Crippen LogP contribution in [0.15, 0.2) is 12.1 Å². The number of rotatable bonds is 5. The highest BCUT2D eigenvalue weighted by Gasteiger charge is 2.37. The number of benzene rings is 1. The van der Waals surface area contributed by atoms with Crippen LogP contribution < -0.4 is 4.90 Å². The SMILES string of the molecule is CCCC(O)(CC)c1c2c(nn1C)N(c1c(C)cc(C)cc1C)CCC2. The number of aromatic nitrogens is 2. The molecule has 3 rings (SSSR count). The van der Waals surface area contributed by atoms with Crippen molar-refractivity contribution in [3.05, 3.63) is 40.1 Å². The van der Waals surface area contributed by atoms with Gasteiger partial charge in [0.15, 0.2) is 5.82 Å². The Kier molecular flexibility index (Phi) is 5.16. The van der Waals surface area contributed by atoms with E-state index in [1.807, 2.05) is 11.7 Å². The molecule has 0 radical (unpaired) electrons. The first-order valence-electron chi connectivity index (χ1n) is 9.96. The van der Waals surface area contributed by atoms with Crippen LogP contribution in [0.4, 0.5) is 11.5 Å². The van der Waals surface area contributed by atoms with Gasteiger partial charge >= 0.3 is 0 Å². The number of nitrogens with zero attached hydrogens (tertiary/aromatic N) is 3. The summed E-state index contributed by atoms with van der Waals surface area (Å²) < 4.78 is 1.93. The van der Waals surface area contributed by atoms with E-state index in [-0.39, 0.29) is 0 Å². The molecule has 0 aliphatic carbocycles. The van der Waals surface area contributed by atoms with Crippen molar-refractivity contribution in [1.82, 2.24) is 9.78 Å². The zero-order valence-electron chi connectivity index (χ0n) is 17.2. The van der Waals surface area contributed by atoms with Crippen molar-refractivity contribution in [3.63, 3.8) is 0 Å². The molecule has 1 aliphatic heterocycles. The Morgan fingerprint density at radius 2 is 1.81 bits per heavy atom. The Morgan fingerprint density at radius 1 is 1.15 bits per heavy atom. The van der Waals surface area contributed by atoms with E-state index in [9.17, 15) is 5.11 Å². The van der Waals surface area contributed by atoms with Crippen molar-refractivity contribution in [2.75, 3.05) is 11.4 Å². The highest BCUT2D eigenvalue weighted by Crippen LogP contribution is 2.42. The van der Waals surface area contributed by atoms with E-state index >= 15 is 0 Å². The smallest absolute Gasteiger partial charge is 0.158 e. The van der Waals surface area contributed by atoms with Gasteiger partial charge in [-0.3, -0.25) is 4.68 Å². The Morgan fingerprint density at radius 3 is 2.38 bits per heavy atom. The molecule has 0 saturated carbocycles. The number of hydrogen-bond acceptors (Lipinski definition) is 3. The number of aliphatic hydroxyl groups is 1. The van der Waals surface area contributed by atoms with E-state index in [4.69, 9.17) is 5.10 Å². The van der Waals surface area contributed by atoms with E-state index in [0.717, 1.165) is 50.2 Å². The molecular formula is C22H33N3O. The second-order valence-electron chi connectivity index (χ2n) is 7.91. The molecule has 1 aromatic carbocycles. The molecule has 1 unspecified atom stereocenters. The quantitative estimate of drug-likeness (QED) is 0.835. The zero-order valence-corrected chi connectivity index (χ0v) is 17.2. The Labute approximate surface area is 157 Å². The molecule has 26 heavy (non-hydrogen) atoms. The molecule has 0 fully saturated rings. The van der Waals surface area contributed by atoms with Gasteiger partial charge in [-0.25, -0.2) is 0 Å². The molecule has 0 bridgehead atoms. The van der Waals surface area contributed by atoms with Crippen molar-refractivity contribution < 1.29 is 5.11 Å². The molecule has 142 valence electrons. The lowest BCUT2D eigenvalue weighted by atomic mass is 9.86. The molecule has 1 N–H and O–H groups in total. The van der Waals surface area contributed by atoms with Gasteiger partial charge in [-0.05, 0) is 57.6 Å². The molecular weight excluding hydrogens is 322 g/mol. The molecule has 4 nitrogen and oxygen atoms in total. The first kappa shape index (κ1) is 19.0. The summed E-state index contributed by atoms with van der Waals surface area (Å²) in [5, 5.41) is 16.2. The number of anilines is 2. The highest BCUT2D eigenvalue weighted by atomic mass is 16.3. The lowest BCUT2D eigenvalue weighted by molar-refractivity contribution is 0.0138. The Hall–Kier alpha value is -1.81. The summed E-state index contributed by atoms with van der Waals surface area (Å²) in [6, 6.07) is 4.50. The van der Waals surface area contributed by atoms with Gasteiger partial charge in [0, 0.05) is 24.8 Å². The monoisotopic (exact) mass is 355 g/mol. The van der Waals surface area contributed by atoms with Gasteiger partial charge in [-0.2, -0.15) is 5.10 Å². The topological polar surface area (TPSA) is 41.3 Å². The van der Waals surface area contributed by atoms with Gasteiger partial charge in [-0.15, -0.1) is 0 Å². The molecule has 0 saturated heterocycles. The molecule has 4 heteroatoms. The Balaban J connectivity index is 2.15. The van der Waals surface area contributed by atoms with Gasteiger partial charge in [-0.1, -0.05) is 38.0 Å². The van der Waals surface area contributed by atoms with Gasteiger partial charge in [0.2, 0.25) is 0 Å². The summed E-state index contributed by atoms with van der Waals surface area (Å²) in [4.78, 5) is 2.37. The van der Waals surface area contributed by atoms with Crippen molar-refractivity contribution >= 4 is 11.5 Å². The second kappa shape index (κ2) is 7.07. The molecule has 1 aromatic heterocycles. The lowest BCUT2D eigenvalue weighted by Crippen LogP contribution is -2.30. The summed E-state index contributed by atoms with van der Waals surface area (Å²) in [7, 11) is 1.98. The van der Waals surface area contributed by atoms with Crippen LogP contribution in [0.5, 0.6) is 0 Å². The third-order valence-corrected chi connectivity index (χ3v) is 5.78. The first-order valence-corrected chi connectivity index (χ1v) is 9.96. The maximum atomic E-state index is 11.3. The van der Waals surface area contributed by atoms with Gasteiger partial charge in [0.25, 0.3) is 0 Å². The minimum absolute atomic E-state index is 0.718. The van der Waals surface area contributed by atoms with Crippen LogP contribution in [0.25, 0.3) is 0 Å². The molecule has 0 spiro atoms. The van der Waals surface area contributed by atoms with Crippen LogP contribution in [-0.4, -0.2) is 21.4 Å². The maximum Gasteiger partial charge on any atom is 0.158 e. The fourth-order valence-electron chi connectivity index (χ4n) is 4.79. The third-order valence-electron chi connectivity index (χ3n) is 5.78. The van der Waals surface area contributed by atoms with Crippen molar-refractivity contribution in [3.8, 4) is 0 Å². The second-order valence-corrected chi connectivity index (χ2v) is 7.91. The molecule has 2 aromatic rings. The molecule has 1 aliphatic rings. The zero-order chi connectivity index (χ0) is 19.1.